The molecule has 1 fully saturated rings. The second kappa shape index (κ2) is 6.21. The Morgan fingerprint density at radius 1 is 1.28 bits per heavy atom. The highest BCUT2D eigenvalue weighted by Crippen LogP contribution is 2.24. The molecule has 0 saturated carbocycles. The average molecular weight is 308 g/mol. The van der Waals surface area contributed by atoms with Crippen molar-refractivity contribution in [2.24, 2.45) is 0 Å². The Bertz CT molecular complexity index is 445. The summed E-state index contributed by atoms with van der Waals surface area (Å²) in [6, 6.07) is 8.66. The summed E-state index contributed by atoms with van der Waals surface area (Å²) in [7, 11) is 0. The number of piperazine rings is 1. The zero-order valence-corrected chi connectivity index (χ0v) is 12.3. The Balaban J connectivity index is 1.95. The minimum absolute atomic E-state index is 0.636. The topological polar surface area (TPSA) is 30.3 Å². The molecule has 0 radical (unpaired) electrons. The maximum atomic E-state index is 8.60. The van der Waals surface area contributed by atoms with Gasteiger partial charge in [0.2, 0.25) is 0 Å². The molecule has 0 N–H and O–H groups in total. The van der Waals surface area contributed by atoms with Crippen molar-refractivity contribution < 1.29 is 0 Å². The number of hydrogen-bond donors (Lipinski definition) is 0. The van der Waals surface area contributed by atoms with E-state index in [0.717, 1.165) is 37.2 Å². The maximum absolute atomic E-state index is 8.60. The van der Waals surface area contributed by atoms with Gasteiger partial charge in [0.15, 0.2) is 0 Å². The fourth-order valence-electron chi connectivity index (χ4n) is 2.39. The number of nitriles is 1. The molecule has 0 spiro atoms. The van der Waals surface area contributed by atoms with E-state index in [1.165, 1.54) is 11.3 Å². The van der Waals surface area contributed by atoms with Gasteiger partial charge in [-0.05, 0) is 30.7 Å². The Morgan fingerprint density at radius 3 is 2.61 bits per heavy atom. The van der Waals surface area contributed by atoms with Crippen LogP contribution in [0.15, 0.2) is 22.7 Å². The Labute approximate surface area is 117 Å². The van der Waals surface area contributed by atoms with Crippen LogP contribution in [0.3, 0.4) is 0 Å². The molecule has 1 aromatic rings. The van der Waals surface area contributed by atoms with Crippen molar-refractivity contribution in [1.82, 2.24) is 4.90 Å². The number of nitrogens with zero attached hydrogens (tertiary/aromatic N) is 3. The predicted molar refractivity (Wildman–Crippen MR) is 77.8 cm³/mol. The van der Waals surface area contributed by atoms with Crippen molar-refractivity contribution in [2.45, 2.75) is 13.3 Å². The Morgan fingerprint density at radius 2 is 2.00 bits per heavy atom. The molecule has 3 nitrogen and oxygen atoms in total. The smallest absolute Gasteiger partial charge is 0.0635 e. The minimum Gasteiger partial charge on any atom is -0.369 e. The number of halogens is 1. The highest BCUT2D eigenvalue weighted by molar-refractivity contribution is 9.10. The standard InChI is InChI=1S/C14H18BrN3/c1-12-11-13(15)3-4-14(12)18-9-7-17(8-10-18)6-2-5-16/h3-4,11H,2,6-10H2,1H3. The third kappa shape index (κ3) is 3.24. The summed E-state index contributed by atoms with van der Waals surface area (Å²) in [4.78, 5) is 4.80. The summed E-state index contributed by atoms with van der Waals surface area (Å²) < 4.78 is 1.14. The number of hydrogen-bond acceptors (Lipinski definition) is 3. The van der Waals surface area contributed by atoms with Crippen LogP contribution in [0, 0.1) is 18.3 Å². The lowest BCUT2D eigenvalue weighted by molar-refractivity contribution is 0.263. The van der Waals surface area contributed by atoms with Crippen LogP contribution >= 0.6 is 15.9 Å². The van der Waals surface area contributed by atoms with Gasteiger partial charge < -0.3 is 4.90 Å². The van der Waals surface area contributed by atoms with E-state index in [2.05, 4.69) is 56.9 Å². The van der Waals surface area contributed by atoms with Crippen LogP contribution in [-0.2, 0) is 0 Å². The lowest BCUT2D eigenvalue weighted by Gasteiger charge is -2.36. The van der Waals surface area contributed by atoms with Gasteiger partial charge in [-0.25, -0.2) is 0 Å². The van der Waals surface area contributed by atoms with Crippen molar-refractivity contribution in [1.29, 1.82) is 5.26 Å². The van der Waals surface area contributed by atoms with E-state index in [0.29, 0.717) is 6.42 Å². The molecule has 0 amide bonds. The summed E-state index contributed by atoms with van der Waals surface area (Å²) in [5.74, 6) is 0. The highest BCUT2D eigenvalue weighted by Gasteiger charge is 2.17. The summed E-state index contributed by atoms with van der Waals surface area (Å²) in [5.41, 5.74) is 2.65. The summed E-state index contributed by atoms with van der Waals surface area (Å²) in [5, 5.41) is 8.60. The van der Waals surface area contributed by atoms with Gasteiger partial charge in [-0.2, -0.15) is 5.26 Å². The largest absolute Gasteiger partial charge is 0.369 e. The van der Waals surface area contributed by atoms with E-state index in [1.54, 1.807) is 0 Å². The van der Waals surface area contributed by atoms with Crippen molar-refractivity contribution >= 4 is 21.6 Å². The quantitative estimate of drug-likeness (QED) is 0.860. The lowest BCUT2D eigenvalue weighted by Crippen LogP contribution is -2.46. The second-order valence-electron chi connectivity index (χ2n) is 4.67. The van der Waals surface area contributed by atoms with E-state index >= 15 is 0 Å². The molecule has 1 aromatic carbocycles. The van der Waals surface area contributed by atoms with Gasteiger partial charge in [0.1, 0.15) is 0 Å². The van der Waals surface area contributed by atoms with Gasteiger partial charge in [-0.3, -0.25) is 4.90 Å². The van der Waals surface area contributed by atoms with Crippen LogP contribution in [-0.4, -0.2) is 37.6 Å². The van der Waals surface area contributed by atoms with Crippen LogP contribution in [0.2, 0.25) is 0 Å². The highest BCUT2D eigenvalue weighted by atomic mass is 79.9. The molecule has 0 unspecified atom stereocenters. The van der Waals surface area contributed by atoms with E-state index in [-0.39, 0.29) is 0 Å². The first-order valence-corrected chi connectivity index (χ1v) is 7.10. The molecule has 1 aliphatic heterocycles. The fraction of sp³-hybridized carbons (Fsp3) is 0.500. The van der Waals surface area contributed by atoms with Gasteiger partial charge in [-0.15, -0.1) is 0 Å². The molecule has 96 valence electrons. The van der Waals surface area contributed by atoms with Gasteiger partial charge in [-0.1, -0.05) is 15.9 Å². The predicted octanol–water partition coefficient (Wildman–Crippen LogP) is 2.79. The third-order valence-electron chi connectivity index (χ3n) is 3.41. The number of benzene rings is 1. The molecule has 0 aromatic heterocycles. The van der Waals surface area contributed by atoms with Crippen LogP contribution in [0.4, 0.5) is 5.69 Å². The molecular formula is C14H18BrN3. The first-order chi connectivity index (χ1) is 8.70. The van der Waals surface area contributed by atoms with E-state index in [9.17, 15) is 0 Å². The van der Waals surface area contributed by atoms with E-state index in [1.807, 2.05) is 0 Å². The molecule has 4 heteroatoms. The van der Waals surface area contributed by atoms with Gasteiger partial charge >= 0.3 is 0 Å². The molecule has 0 atom stereocenters. The molecule has 18 heavy (non-hydrogen) atoms. The van der Waals surface area contributed by atoms with E-state index < -0.39 is 0 Å². The van der Waals surface area contributed by atoms with Crippen LogP contribution in [0.5, 0.6) is 0 Å². The van der Waals surface area contributed by atoms with Gasteiger partial charge in [0, 0.05) is 49.3 Å². The monoisotopic (exact) mass is 307 g/mol. The molecular weight excluding hydrogens is 290 g/mol. The number of anilines is 1. The van der Waals surface area contributed by atoms with Crippen LogP contribution in [0.25, 0.3) is 0 Å². The maximum Gasteiger partial charge on any atom is 0.0635 e. The van der Waals surface area contributed by atoms with Crippen LogP contribution < -0.4 is 4.90 Å². The average Bonchev–Trinajstić information content (AvgIpc) is 2.37. The summed E-state index contributed by atoms with van der Waals surface area (Å²) in [6.45, 7) is 7.27. The zero-order valence-electron chi connectivity index (χ0n) is 10.7. The number of rotatable bonds is 3. The molecule has 1 heterocycles. The first-order valence-electron chi connectivity index (χ1n) is 6.31. The fourth-order valence-corrected chi connectivity index (χ4v) is 2.87. The van der Waals surface area contributed by atoms with Crippen molar-refractivity contribution in [3.05, 3.63) is 28.2 Å². The third-order valence-corrected chi connectivity index (χ3v) is 3.90. The Hall–Kier alpha value is -1.05. The molecule has 0 aliphatic carbocycles. The van der Waals surface area contributed by atoms with Gasteiger partial charge in [0.25, 0.3) is 0 Å². The summed E-state index contributed by atoms with van der Waals surface area (Å²) >= 11 is 3.50. The van der Waals surface area contributed by atoms with E-state index in [4.69, 9.17) is 5.26 Å². The lowest BCUT2D eigenvalue weighted by atomic mass is 10.1. The van der Waals surface area contributed by atoms with Crippen molar-refractivity contribution in [3.63, 3.8) is 0 Å². The minimum atomic E-state index is 0.636. The summed E-state index contributed by atoms with van der Waals surface area (Å²) in [6.07, 6.45) is 0.636. The van der Waals surface area contributed by atoms with Gasteiger partial charge in [0.05, 0.1) is 6.07 Å². The zero-order chi connectivity index (χ0) is 13.0. The van der Waals surface area contributed by atoms with Crippen molar-refractivity contribution in [3.8, 4) is 6.07 Å². The molecule has 0 bridgehead atoms. The molecule has 2 rings (SSSR count). The van der Waals surface area contributed by atoms with Crippen molar-refractivity contribution in [2.75, 3.05) is 37.6 Å². The van der Waals surface area contributed by atoms with Crippen LogP contribution in [0.1, 0.15) is 12.0 Å². The first kappa shape index (κ1) is 13.4. The Kier molecular flexibility index (Phi) is 4.62. The number of aryl methyl sites for hydroxylation is 1. The molecule has 1 aliphatic rings. The second-order valence-corrected chi connectivity index (χ2v) is 5.58. The SMILES string of the molecule is Cc1cc(Br)ccc1N1CCN(CCC#N)CC1. The molecule has 1 saturated heterocycles. The normalized spacial score (nSPS) is 16.6.